The Bertz CT molecular complexity index is 1520. The fraction of sp³-hybridized carbons (Fsp3) is 0.448. The summed E-state index contributed by atoms with van der Waals surface area (Å²) in [5, 5.41) is 8.13. The van der Waals surface area contributed by atoms with Crippen LogP contribution in [-0.2, 0) is 48.3 Å². The zero-order valence-corrected chi connectivity index (χ0v) is 26.5. The summed E-state index contributed by atoms with van der Waals surface area (Å²) in [6.45, 7) is 6.87. The summed E-state index contributed by atoms with van der Waals surface area (Å²) < 4.78 is 29.5. The van der Waals surface area contributed by atoms with E-state index < -0.39 is 57.4 Å². The fourth-order valence-electron chi connectivity index (χ4n) is 5.05. The van der Waals surface area contributed by atoms with Gasteiger partial charge in [-0.05, 0) is 81.5 Å². The molecule has 0 aliphatic carbocycles. The first-order valence-electron chi connectivity index (χ1n) is 13.5. The number of alkyl carbamates (subject to hydrolysis) is 1. The third kappa shape index (κ3) is 7.30. The molecule has 2 aromatic carbocycles. The molecule has 226 valence electrons. The first kappa shape index (κ1) is 31.5. The highest BCUT2D eigenvalue weighted by Crippen LogP contribution is 2.41. The van der Waals surface area contributed by atoms with Crippen LogP contribution in [0.25, 0.3) is 0 Å². The van der Waals surface area contributed by atoms with Crippen molar-refractivity contribution in [1.82, 2.24) is 16.0 Å². The van der Waals surface area contributed by atoms with Gasteiger partial charge in [-0.2, -0.15) is 0 Å². The summed E-state index contributed by atoms with van der Waals surface area (Å²) in [5.74, 6) is -1.36. The first-order valence-corrected chi connectivity index (χ1v) is 16.2. The van der Waals surface area contributed by atoms with E-state index >= 15 is 0 Å². The maximum atomic E-state index is 13.8. The van der Waals surface area contributed by atoms with Gasteiger partial charge in [0.25, 0.3) is 0 Å². The molecule has 0 fully saturated rings. The van der Waals surface area contributed by atoms with Crippen LogP contribution in [0.2, 0.25) is 0 Å². The van der Waals surface area contributed by atoms with E-state index in [1.807, 2.05) is 12.1 Å². The van der Waals surface area contributed by atoms with E-state index in [0.717, 1.165) is 21.9 Å². The van der Waals surface area contributed by atoms with Crippen molar-refractivity contribution in [3.63, 3.8) is 0 Å². The van der Waals surface area contributed by atoms with Crippen molar-refractivity contribution in [1.29, 1.82) is 0 Å². The molecule has 0 spiro atoms. The molecule has 4 amide bonds. The van der Waals surface area contributed by atoms with Crippen LogP contribution in [0, 0.1) is 0 Å². The second-order valence-electron chi connectivity index (χ2n) is 11.6. The molecule has 11 nitrogen and oxygen atoms in total. The van der Waals surface area contributed by atoms with Gasteiger partial charge in [0.1, 0.15) is 23.7 Å². The minimum absolute atomic E-state index is 0.137. The average molecular weight is 664 g/mol. The van der Waals surface area contributed by atoms with Gasteiger partial charge >= 0.3 is 6.09 Å². The molecule has 2 heterocycles. The predicted octanol–water partition coefficient (Wildman–Crippen LogP) is 2.77. The Kier molecular flexibility index (Phi) is 9.02. The predicted molar refractivity (Wildman–Crippen MR) is 160 cm³/mol. The second kappa shape index (κ2) is 12.0. The molecule has 2 aromatic rings. The summed E-state index contributed by atoms with van der Waals surface area (Å²) in [6.07, 6.45) is 1.48. The summed E-state index contributed by atoms with van der Waals surface area (Å²) >= 11 is 3.52. The van der Waals surface area contributed by atoms with Gasteiger partial charge in [0.2, 0.25) is 17.7 Å². The molecule has 1 unspecified atom stereocenters. The number of sulfone groups is 1. The number of hydrogen-bond donors (Lipinski definition) is 3. The molecular formula is C29H35BrN4O7S. The highest BCUT2D eigenvalue weighted by Gasteiger charge is 2.45. The number of ether oxygens (including phenoxy) is 1. The fourth-order valence-corrected chi connectivity index (χ4v) is 6.23. The van der Waals surface area contributed by atoms with Crippen LogP contribution in [-0.4, -0.2) is 62.2 Å². The van der Waals surface area contributed by atoms with E-state index in [9.17, 15) is 27.6 Å². The number of nitrogens with zero attached hydrogens (tertiary/aromatic N) is 1. The monoisotopic (exact) mass is 662 g/mol. The number of benzene rings is 2. The quantitative estimate of drug-likeness (QED) is 0.412. The van der Waals surface area contributed by atoms with Gasteiger partial charge in [0, 0.05) is 23.7 Å². The van der Waals surface area contributed by atoms with E-state index in [4.69, 9.17) is 4.74 Å². The van der Waals surface area contributed by atoms with Gasteiger partial charge in [-0.1, -0.05) is 28.1 Å². The Hall–Kier alpha value is -3.45. The number of nitrogens with one attached hydrogen (secondary N) is 3. The van der Waals surface area contributed by atoms with Crippen molar-refractivity contribution in [2.45, 2.75) is 82.1 Å². The van der Waals surface area contributed by atoms with Crippen LogP contribution in [0.3, 0.4) is 0 Å². The molecular weight excluding hydrogens is 628 g/mol. The highest BCUT2D eigenvalue weighted by atomic mass is 79.9. The van der Waals surface area contributed by atoms with Crippen LogP contribution in [0.15, 0.2) is 45.8 Å². The summed E-state index contributed by atoms with van der Waals surface area (Å²) in [4.78, 5) is 54.3. The lowest BCUT2D eigenvalue weighted by Crippen LogP contribution is -2.57. The smallest absolute Gasteiger partial charge is 0.408 e. The number of halogens is 1. The molecule has 0 saturated carbocycles. The zero-order chi connectivity index (χ0) is 31.0. The number of aryl methyl sites for hydroxylation is 1. The van der Waals surface area contributed by atoms with E-state index in [0.29, 0.717) is 24.1 Å². The number of carbonyl (C=O) groups excluding carboxylic acids is 4. The normalized spacial score (nSPS) is 18.9. The number of carbonyl (C=O) groups is 4. The number of amides is 4. The first-order chi connectivity index (χ1) is 19.5. The van der Waals surface area contributed by atoms with Gasteiger partial charge in [0.15, 0.2) is 9.84 Å². The summed E-state index contributed by atoms with van der Waals surface area (Å²) in [7, 11) is -3.33. The van der Waals surface area contributed by atoms with Crippen molar-refractivity contribution >= 4 is 55.3 Å². The van der Waals surface area contributed by atoms with Gasteiger partial charge in [0.05, 0.1) is 10.6 Å². The topological polar surface area (TPSA) is 151 Å². The van der Waals surface area contributed by atoms with Crippen molar-refractivity contribution in [3.05, 3.63) is 57.6 Å². The Morgan fingerprint density at radius 3 is 2.38 bits per heavy atom. The van der Waals surface area contributed by atoms with Crippen LogP contribution < -0.4 is 20.9 Å². The van der Waals surface area contributed by atoms with Crippen LogP contribution in [0.4, 0.5) is 10.5 Å². The van der Waals surface area contributed by atoms with Crippen LogP contribution in [0.5, 0.6) is 0 Å². The maximum absolute atomic E-state index is 13.8. The van der Waals surface area contributed by atoms with Crippen LogP contribution >= 0.6 is 15.9 Å². The Balaban J connectivity index is 1.46. The maximum Gasteiger partial charge on any atom is 0.408 e. The Morgan fingerprint density at radius 2 is 1.76 bits per heavy atom. The molecule has 0 saturated heterocycles. The number of hydrogen-bond acceptors (Lipinski definition) is 7. The average Bonchev–Trinajstić information content (AvgIpc) is 3.21. The minimum atomic E-state index is -3.33. The molecule has 4 rings (SSSR count). The molecule has 42 heavy (non-hydrogen) atoms. The van der Waals surface area contributed by atoms with Crippen molar-refractivity contribution < 1.29 is 32.3 Å². The third-order valence-corrected chi connectivity index (χ3v) is 8.59. The Morgan fingerprint density at radius 1 is 1.12 bits per heavy atom. The Labute approximate surface area is 253 Å². The second-order valence-corrected chi connectivity index (χ2v) is 14.5. The highest BCUT2D eigenvalue weighted by molar-refractivity contribution is 9.10. The van der Waals surface area contributed by atoms with Crippen molar-refractivity contribution in [2.24, 2.45) is 0 Å². The molecule has 2 aliphatic heterocycles. The molecule has 2 aliphatic rings. The molecule has 0 bridgehead atoms. The lowest BCUT2D eigenvalue weighted by Gasteiger charge is -2.29. The molecule has 0 radical (unpaired) electrons. The van der Waals surface area contributed by atoms with Gasteiger partial charge in [-0.3, -0.25) is 19.3 Å². The minimum Gasteiger partial charge on any atom is -0.444 e. The van der Waals surface area contributed by atoms with Gasteiger partial charge in [-0.15, -0.1) is 0 Å². The standard InChI is InChI=1S/C29H35BrN4O7S/c1-16(25(35)31-15-17-6-9-21(10-7-17)42(5,39)40)32-26(36)23-14-19-13-20(30)12-18-8-11-22(27(37)34(23)24(18)19)33-28(38)41-29(2,3)4/h6-7,9-10,12-13,16,22-23H,8,11,14-15H2,1-5H3,(H,31,35)(H,32,36)(H,33,38)/t16?,22-,23-/m0/s1. The van der Waals surface area contributed by atoms with Crippen molar-refractivity contribution in [2.75, 3.05) is 11.2 Å². The third-order valence-electron chi connectivity index (χ3n) is 7.00. The lowest BCUT2D eigenvalue weighted by molar-refractivity contribution is -0.130. The van der Waals surface area contributed by atoms with Gasteiger partial charge < -0.3 is 20.7 Å². The lowest BCUT2D eigenvalue weighted by atomic mass is 10.0. The van der Waals surface area contributed by atoms with Crippen LogP contribution in [0.1, 0.15) is 50.8 Å². The van der Waals surface area contributed by atoms with Gasteiger partial charge in [-0.25, -0.2) is 13.2 Å². The van der Waals surface area contributed by atoms with E-state index in [1.54, 1.807) is 39.8 Å². The molecule has 3 N–H and O–H groups in total. The van der Waals surface area contributed by atoms with E-state index in [1.165, 1.54) is 17.0 Å². The summed E-state index contributed by atoms with van der Waals surface area (Å²) in [6, 6.07) is 7.21. The van der Waals surface area contributed by atoms with Crippen molar-refractivity contribution in [3.8, 4) is 0 Å². The zero-order valence-electron chi connectivity index (χ0n) is 24.1. The summed E-state index contributed by atoms with van der Waals surface area (Å²) in [5.41, 5.74) is 2.30. The molecule has 0 aromatic heterocycles. The van der Waals surface area contributed by atoms with E-state index in [-0.39, 0.29) is 17.9 Å². The van der Waals surface area contributed by atoms with E-state index in [2.05, 4.69) is 31.9 Å². The number of rotatable bonds is 7. The molecule has 13 heteroatoms. The largest absolute Gasteiger partial charge is 0.444 e. The SMILES string of the molecule is CC(NC(=O)[C@@H]1Cc2cc(Br)cc3c2N1C(=O)[C@@H](NC(=O)OC(C)(C)C)CC3)C(=O)NCc1ccc(S(C)(=O)=O)cc1. The molecule has 3 atom stereocenters. The number of anilines is 1.